The third-order valence-electron chi connectivity index (χ3n) is 1.43. The van der Waals surface area contributed by atoms with Gasteiger partial charge in [-0.15, -0.1) is 0 Å². The molecular formula is C9H14N2S. The quantitative estimate of drug-likeness (QED) is 0.598. The monoisotopic (exact) mass is 182 g/mol. The zero-order valence-electron chi connectivity index (χ0n) is 7.37. The fourth-order valence-electron chi connectivity index (χ4n) is 0.663. The Morgan fingerprint density at radius 3 is 1.50 bits per heavy atom. The summed E-state index contributed by atoms with van der Waals surface area (Å²) < 4.78 is 0. The van der Waals surface area contributed by atoms with E-state index in [9.17, 15) is 0 Å². The van der Waals surface area contributed by atoms with Crippen LogP contribution in [-0.2, 0) is 0 Å². The van der Waals surface area contributed by atoms with E-state index in [0.29, 0.717) is 0 Å². The van der Waals surface area contributed by atoms with Gasteiger partial charge in [0.15, 0.2) is 5.11 Å². The lowest BCUT2D eigenvalue weighted by Crippen LogP contribution is -2.18. The van der Waals surface area contributed by atoms with Crippen molar-refractivity contribution in [1.29, 1.82) is 0 Å². The molecule has 0 atom stereocenters. The molecule has 1 aromatic carbocycles. The lowest BCUT2D eigenvalue weighted by Gasteiger charge is -1.93. The fraction of sp³-hybridized carbons (Fsp3) is 0.222. The minimum atomic E-state index is 0.000000000000000222. The van der Waals surface area contributed by atoms with E-state index in [4.69, 9.17) is 0 Å². The molecule has 2 nitrogen and oxygen atoms in total. The van der Waals surface area contributed by atoms with Crippen LogP contribution in [0.2, 0.25) is 0 Å². The molecule has 0 radical (unpaired) electrons. The predicted molar refractivity (Wildman–Crippen MR) is 56.9 cm³/mol. The van der Waals surface area contributed by atoms with E-state index in [2.05, 4.69) is 61.8 Å². The van der Waals surface area contributed by atoms with Crippen molar-refractivity contribution in [3.8, 4) is 0 Å². The van der Waals surface area contributed by atoms with Gasteiger partial charge in [0.1, 0.15) is 0 Å². The smallest absolute Gasteiger partial charge is 0.160 e. The van der Waals surface area contributed by atoms with Gasteiger partial charge >= 0.3 is 0 Å². The van der Waals surface area contributed by atoms with Crippen LogP contribution in [0.15, 0.2) is 24.3 Å². The van der Waals surface area contributed by atoms with Gasteiger partial charge in [0.25, 0.3) is 0 Å². The normalized spacial score (nSPS) is 8.17. The minimum absolute atomic E-state index is 0.000000000000000222. The summed E-state index contributed by atoms with van der Waals surface area (Å²) in [6, 6.07) is 8.36. The Balaban J connectivity index is 0.000000261. The van der Waals surface area contributed by atoms with Gasteiger partial charge < -0.3 is 11.5 Å². The number of rotatable bonds is 0. The topological polar surface area (TPSA) is 52.0 Å². The Bertz CT molecular complexity index is 233. The summed E-state index contributed by atoms with van der Waals surface area (Å²) in [4.78, 5) is 0. The van der Waals surface area contributed by atoms with Gasteiger partial charge in [-0.25, -0.2) is 0 Å². The molecule has 3 heteroatoms. The van der Waals surface area contributed by atoms with Crippen LogP contribution < -0.4 is 11.5 Å². The predicted octanol–water partition coefficient (Wildman–Crippen LogP) is 1.49. The van der Waals surface area contributed by atoms with Crippen LogP contribution in [-0.4, -0.2) is 5.11 Å². The summed E-state index contributed by atoms with van der Waals surface area (Å²) in [7, 11) is 0. The van der Waals surface area contributed by atoms with Crippen LogP contribution in [0.5, 0.6) is 0 Å². The van der Waals surface area contributed by atoms with Crippen molar-refractivity contribution in [3.63, 3.8) is 0 Å². The highest BCUT2D eigenvalue weighted by molar-refractivity contribution is 7.80. The number of hydrogen-bond acceptors (Lipinski definition) is 1. The molecule has 0 aliphatic heterocycles. The van der Waals surface area contributed by atoms with E-state index in [1.165, 1.54) is 11.1 Å². The number of aryl methyl sites for hydroxylation is 2. The van der Waals surface area contributed by atoms with Crippen molar-refractivity contribution < 1.29 is 0 Å². The Labute approximate surface area is 78.6 Å². The van der Waals surface area contributed by atoms with Crippen LogP contribution in [0.25, 0.3) is 0 Å². The molecule has 0 spiro atoms. The molecule has 0 heterocycles. The highest BCUT2D eigenvalue weighted by atomic mass is 32.1. The van der Waals surface area contributed by atoms with Crippen LogP contribution in [0, 0.1) is 13.8 Å². The highest BCUT2D eigenvalue weighted by Crippen LogP contribution is 2.02. The maximum atomic E-state index is 4.62. The van der Waals surface area contributed by atoms with Crippen LogP contribution in [0.1, 0.15) is 11.1 Å². The second-order valence-corrected chi connectivity index (χ2v) is 2.96. The van der Waals surface area contributed by atoms with Crippen molar-refractivity contribution in [2.45, 2.75) is 13.8 Å². The second-order valence-electron chi connectivity index (χ2n) is 2.49. The molecule has 12 heavy (non-hydrogen) atoms. The molecule has 0 aliphatic carbocycles. The zero-order valence-corrected chi connectivity index (χ0v) is 8.19. The van der Waals surface area contributed by atoms with E-state index in [0.717, 1.165) is 0 Å². The van der Waals surface area contributed by atoms with E-state index >= 15 is 0 Å². The second kappa shape index (κ2) is 5.55. The Morgan fingerprint density at radius 1 is 1.08 bits per heavy atom. The fourth-order valence-corrected chi connectivity index (χ4v) is 0.663. The van der Waals surface area contributed by atoms with E-state index in [1.54, 1.807) is 0 Å². The average Bonchev–Trinajstić information content (AvgIpc) is 1.94. The Hall–Kier alpha value is -1.09. The first-order valence-corrected chi connectivity index (χ1v) is 4.02. The van der Waals surface area contributed by atoms with Crippen molar-refractivity contribution in [2.24, 2.45) is 11.5 Å². The Morgan fingerprint density at radius 2 is 1.33 bits per heavy atom. The third-order valence-corrected chi connectivity index (χ3v) is 1.43. The standard InChI is InChI=1S/C8H10.CH4N2S/c1-7-5-3-4-6-8(7)2;2-1(3)4/h3-6H,1-2H3;(H4,2,3,4). The van der Waals surface area contributed by atoms with Crippen molar-refractivity contribution in [2.75, 3.05) is 0 Å². The molecule has 0 fully saturated rings. The number of hydrogen-bond donors (Lipinski definition) is 2. The Kier molecular flexibility index (Phi) is 5.04. The molecule has 0 aliphatic rings. The van der Waals surface area contributed by atoms with Gasteiger partial charge in [-0.3, -0.25) is 0 Å². The first-order chi connectivity index (χ1) is 5.54. The molecule has 0 aromatic heterocycles. The first kappa shape index (κ1) is 10.9. The minimum Gasteiger partial charge on any atom is -0.377 e. The molecule has 0 saturated carbocycles. The molecule has 66 valence electrons. The highest BCUT2D eigenvalue weighted by Gasteiger charge is 1.83. The van der Waals surface area contributed by atoms with Gasteiger partial charge in [-0.1, -0.05) is 24.3 Å². The summed E-state index contributed by atoms with van der Waals surface area (Å²) in [6.07, 6.45) is 0. The summed E-state index contributed by atoms with van der Waals surface area (Å²) in [6.45, 7) is 4.24. The molecule has 1 rings (SSSR count). The van der Waals surface area contributed by atoms with E-state index in [1.807, 2.05) is 0 Å². The van der Waals surface area contributed by atoms with Gasteiger partial charge in [0, 0.05) is 0 Å². The van der Waals surface area contributed by atoms with E-state index < -0.39 is 0 Å². The van der Waals surface area contributed by atoms with Gasteiger partial charge in [-0.05, 0) is 37.2 Å². The van der Waals surface area contributed by atoms with Gasteiger partial charge in [0.05, 0.1) is 0 Å². The van der Waals surface area contributed by atoms with Crippen molar-refractivity contribution in [3.05, 3.63) is 35.4 Å². The average molecular weight is 182 g/mol. The molecule has 0 unspecified atom stereocenters. The molecule has 0 amide bonds. The number of nitrogens with two attached hydrogens (primary N) is 2. The lowest BCUT2D eigenvalue weighted by atomic mass is 10.1. The molecule has 4 N–H and O–H groups in total. The van der Waals surface area contributed by atoms with Crippen LogP contribution in [0.3, 0.4) is 0 Å². The summed E-state index contributed by atoms with van der Waals surface area (Å²) in [5.41, 5.74) is 12.0. The third kappa shape index (κ3) is 5.68. The summed E-state index contributed by atoms with van der Waals surface area (Å²) >= 11 is 4.09. The van der Waals surface area contributed by atoms with Crippen molar-refractivity contribution >= 4 is 17.3 Å². The van der Waals surface area contributed by atoms with Crippen LogP contribution >= 0.6 is 12.2 Å². The first-order valence-electron chi connectivity index (χ1n) is 3.61. The maximum Gasteiger partial charge on any atom is 0.160 e. The lowest BCUT2D eigenvalue weighted by molar-refractivity contribution is 1.34. The van der Waals surface area contributed by atoms with E-state index in [-0.39, 0.29) is 5.11 Å². The van der Waals surface area contributed by atoms with Gasteiger partial charge in [-0.2, -0.15) is 0 Å². The molecule has 0 bridgehead atoms. The molecule has 0 saturated heterocycles. The number of thiocarbonyl (C=S) groups is 1. The zero-order chi connectivity index (χ0) is 9.56. The largest absolute Gasteiger partial charge is 0.377 e. The number of benzene rings is 1. The maximum absolute atomic E-state index is 4.62. The molecule has 1 aromatic rings. The SMILES string of the molecule is Cc1ccccc1C.NC(N)=S. The van der Waals surface area contributed by atoms with Crippen LogP contribution in [0.4, 0.5) is 0 Å². The van der Waals surface area contributed by atoms with Crippen molar-refractivity contribution in [1.82, 2.24) is 0 Å². The molecular weight excluding hydrogens is 168 g/mol. The summed E-state index contributed by atoms with van der Waals surface area (Å²) in [5, 5.41) is 0.000000000000000222. The summed E-state index contributed by atoms with van der Waals surface area (Å²) in [5.74, 6) is 0. The van der Waals surface area contributed by atoms with Gasteiger partial charge in [0.2, 0.25) is 0 Å².